The molecule has 3 rings (SSSR count). The van der Waals surface area contributed by atoms with Gasteiger partial charge in [-0.05, 0) is 57.6 Å². The van der Waals surface area contributed by atoms with Gasteiger partial charge in [-0.15, -0.1) is 10.2 Å². The molecule has 0 aliphatic heterocycles. The maximum Gasteiger partial charge on any atom is 0.336 e. The van der Waals surface area contributed by atoms with E-state index in [4.69, 9.17) is 9.84 Å². The Morgan fingerprint density at radius 2 is 2.00 bits per heavy atom. The number of carboxylic acid groups (broad SMARTS) is 1. The summed E-state index contributed by atoms with van der Waals surface area (Å²) >= 11 is 1.98. The Labute approximate surface area is 151 Å². The molecule has 0 saturated carbocycles. The summed E-state index contributed by atoms with van der Waals surface area (Å²) in [5.74, 6) is 0.291. The molecule has 0 fully saturated rings. The zero-order valence-electron chi connectivity index (χ0n) is 12.7. The second-order valence-electron chi connectivity index (χ2n) is 4.99. The minimum Gasteiger partial charge on any atom is -0.497 e. The molecule has 0 unspecified atom stereocenters. The van der Waals surface area contributed by atoms with Crippen LogP contribution in [0.4, 0.5) is 0 Å². The van der Waals surface area contributed by atoms with Gasteiger partial charge in [-0.1, -0.05) is 18.2 Å². The summed E-state index contributed by atoms with van der Waals surface area (Å²) in [6.07, 6.45) is 0. The molecule has 2 aromatic carbocycles. The number of hydrogen-bond acceptors (Lipinski definition) is 5. The van der Waals surface area contributed by atoms with Gasteiger partial charge < -0.3 is 9.84 Å². The number of hydrogen-bond donors (Lipinski definition) is 1. The van der Waals surface area contributed by atoms with Crippen molar-refractivity contribution < 1.29 is 14.6 Å². The summed E-state index contributed by atoms with van der Waals surface area (Å²) in [7, 11) is 1.62. The highest BCUT2D eigenvalue weighted by Crippen LogP contribution is 2.21. The predicted octanol–water partition coefficient (Wildman–Crippen LogP) is 2.70. The molecule has 8 heteroatoms. The molecule has 0 amide bonds. The third-order valence-corrected chi connectivity index (χ3v) is 4.29. The summed E-state index contributed by atoms with van der Waals surface area (Å²) in [5.41, 5.74) is 2.01. The number of halogens is 1. The molecule has 122 valence electrons. The second-order valence-corrected chi connectivity index (χ2v) is 6.15. The topological polar surface area (TPSA) is 90.1 Å². The number of tetrazole rings is 1. The van der Waals surface area contributed by atoms with Crippen LogP contribution in [0.5, 0.6) is 5.75 Å². The van der Waals surface area contributed by atoms with Crippen molar-refractivity contribution in [2.24, 2.45) is 0 Å². The van der Waals surface area contributed by atoms with Crippen LogP contribution in [-0.2, 0) is 6.54 Å². The molecule has 1 aromatic heterocycles. The van der Waals surface area contributed by atoms with Gasteiger partial charge in [-0.2, -0.15) is 4.80 Å². The van der Waals surface area contributed by atoms with Crippen LogP contribution in [-0.4, -0.2) is 38.4 Å². The van der Waals surface area contributed by atoms with Crippen molar-refractivity contribution in [2.45, 2.75) is 6.54 Å². The standard InChI is InChI=1S/C16H13IN4O3/c1-24-12-5-2-10(3-6-12)9-21-19-15(18-20-21)11-4-7-13(16(22)23)14(17)8-11/h2-8H,9H2,1H3,(H,22,23). The highest BCUT2D eigenvalue weighted by molar-refractivity contribution is 14.1. The van der Waals surface area contributed by atoms with E-state index in [1.807, 2.05) is 46.9 Å². The van der Waals surface area contributed by atoms with Crippen LogP contribution in [0.3, 0.4) is 0 Å². The SMILES string of the molecule is COc1ccc(Cn2nnc(-c3ccc(C(=O)O)c(I)c3)n2)cc1. The molecule has 0 spiro atoms. The van der Waals surface area contributed by atoms with Gasteiger partial charge in [-0.25, -0.2) is 4.79 Å². The number of aromatic carboxylic acids is 1. The van der Waals surface area contributed by atoms with E-state index in [1.165, 1.54) is 4.80 Å². The van der Waals surface area contributed by atoms with Crippen molar-refractivity contribution in [1.82, 2.24) is 20.2 Å². The molecule has 0 radical (unpaired) electrons. The molecule has 7 nitrogen and oxygen atoms in total. The smallest absolute Gasteiger partial charge is 0.336 e. The molecular formula is C16H13IN4O3. The molecule has 1 heterocycles. The number of methoxy groups -OCH3 is 1. The van der Waals surface area contributed by atoms with Crippen molar-refractivity contribution in [3.05, 3.63) is 57.2 Å². The largest absolute Gasteiger partial charge is 0.497 e. The quantitative estimate of drug-likeness (QED) is 0.619. The van der Waals surface area contributed by atoms with Gasteiger partial charge in [-0.3, -0.25) is 0 Å². The number of nitrogens with zero attached hydrogens (tertiary/aromatic N) is 4. The highest BCUT2D eigenvalue weighted by Gasteiger charge is 2.12. The van der Waals surface area contributed by atoms with E-state index in [9.17, 15) is 4.79 Å². The van der Waals surface area contributed by atoms with Gasteiger partial charge in [0.15, 0.2) is 0 Å². The fourth-order valence-electron chi connectivity index (χ4n) is 2.15. The van der Waals surface area contributed by atoms with E-state index < -0.39 is 5.97 Å². The summed E-state index contributed by atoms with van der Waals surface area (Å²) in [6.45, 7) is 0.487. The summed E-state index contributed by atoms with van der Waals surface area (Å²) < 4.78 is 5.75. The summed E-state index contributed by atoms with van der Waals surface area (Å²) in [4.78, 5) is 12.6. The van der Waals surface area contributed by atoms with Crippen LogP contribution in [0, 0.1) is 3.57 Å². The molecule has 24 heavy (non-hydrogen) atoms. The molecule has 0 aliphatic carbocycles. The van der Waals surface area contributed by atoms with Gasteiger partial charge in [0.25, 0.3) is 0 Å². The van der Waals surface area contributed by atoms with Gasteiger partial charge >= 0.3 is 5.97 Å². The van der Waals surface area contributed by atoms with Crippen LogP contribution in [0.25, 0.3) is 11.4 Å². The van der Waals surface area contributed by atoms with Crippen LogP contribution >= 0.6 is 22.6 Å². The molecule has 0 aliphatic rings. The lowest BCUT2D eigenvalue weighted by atomic mass is 10.1. The molecule has 0 bridgehead atoms. The van der Waals surface area contributed by atoms with Crippen LogP contribution in [0.1, 0.15) is 15.9 Å². The Morgan fingerprint density at radius 3 is 2.62 bits per heavy atom. The molecular weight excluding hydrogens is 423 g/mol. The minimum absolute atomic E-state index is 0.255. The number of ether oxygens (including phenoxy) is 1. The molecule has 0 atom stereocenters. The first-order valence-electron chi connectivity index (χ1n) is 7.01. The van der Waals surface area contributed by atoms with E-state index in [0.29, 0.717) is 15.9 Å². The second kappa shape index (κ2) is 6.95. The number of rotatable bonds is 5. The van der Waals surface area contributed by atoms with Gasteiger partial charge in [0.2, 0.25) is 5.82 Å². The fraction of sp³-hybridized carbons (Fsp3) is 0.125. The minimum atomic E-state index is -0.956. The fourth-order valence-corrected chi connectivity index (χ4v) is 2.89. The molecule has 3 aromatic rings. The molecule has 0 saturated heterocycles. The Balaban J connectivity index is 1.79. The van der Waals surface area contributed by atoms with Crippen molar-refractivity contribution in [1.29, 1.82) is 0 Å². The normalized spacial score (nSPS) is 10.6. The maximum absolute atomic E-state index is 11.1. The summed E-state index contributed by atoms with van der Waals surface area (Å²) in [6, 6.07) is 12.6. The third kappa shape index (κ3) is 3.53. The van der Waals surface area contributed by atoms with E-state index in [0.717, 1.165) is 16.9 Å². The lowest BCUT2D eigenvalue weighted by molar-refractivity contribution is 0.0695. The zero-order chi connectivity index (χ0) is 17.1. The average Bonchev–Trinajstić information content (AvgIpc) is 3.03. The Bertz CT molecular complexity index is 877. The van der Waals surface area contributed by atoms with Crippen molar-refractivity contribution in [3.63, 3.8) is 0 Å². The van der Waals surface area contributed by atoms with Crippen molar-refractivity contribution in [3.8, 4) is 17.1 Å². The van der Waals surface area contributed by atoms with Crippen LogP contribution < -0.4 is 4.74 Å². The van der Waals surface area contributed by atoms with Gasteiger partial charge in [0.05, 0.1) is 19.2 Å². The number of carbonyl (C=O) groups is 1. The first-order valence-corrected chi connectivity index (χ1v) is 8.08. The molecule has 1 N–H and O–H groups in total. The Morgan fingerprint density at radius 1 is 1.25 bits per heavy atom. The predicted molar refractivity (Wildman–Crippen MR) is 95.0 cm³/mol. The summed E-state index contributed by atoms with van der Waals surface area (Å²) in [5, 5.41) is 21.5. The number of carboxylic acids is 1. The van der Waals surface area contributed by atoms with Crippen molar-refractivity contribution >= 4 is 28.6 Å². The van der Waals surface area contributed by atoms with E-state index in [2.05, 4.69) is 15.4 Å². The lowest BCUT2D eigenvalue weighted by Crippen LogP contribution is -2.04. The lowest BCUT2D eigenvalue weighted by Gasteiger charge is -2.02. The zero-order valence-corrected chi connectivity index (χ0v) is 14.8. The first-order chi connectivity index (χ1) is 11.6. The highest BCUT2D eigenvalue weighted by atomic mass is 127. The Hall–Kier alpha value is -2.49. The Kier molecular flexibility index (Phi) is 4.74. The van der Waals surface area contributed by atoms with E-state index in [1.54, 1.807) is 25.3 Å². The maximum atomic E-state index is 11.1. The van der Waals surface area contributed by atoms with Crippen LogP contribution in [0.2, 0.25) is 0 Å². The van der Waals surface area contributed by atoms with Crippen LogP contribution in [0.15, 0.2) is 42.5 Å². The van der Waals surface area contributed by atoms with Crippen molar-refractivity contribution in [2.75, 3.05) is 7.11 Å². The average molecular weight is 436 g/mol. The first kappa shape index (κ1) is 16.4. The van der Waals surface area contributed by atoms with Gasteiger partial charge in [0.1, 0.15) is 5.75 Å². The van der Waals surface area contributed by atoms with E-state index >= 15 is 0 Å². The monoisotopic (exact) mass is 436 g/mol. The van der Waals surface area contributed by atoms with Gasteiger partial charge in [0, 0.05) is 9.13 Å². The van der Waals surface area contributed by atoms with E-state index in [-0.39, 0.29) is 5.56 Å². The number of benzene rings is 2. The third-order valence-electron chi connectivity index (χ3n) is 3.39. The number of aromatic nitrogens is 4.